The lowest BCUT2D eigenvalue weighted by Gasteiger charge is -2.34. The molecule has 0 amide bonds. The molecule has 0 bridgehead atoms. The van der Waals surface area contributed by atoms with Crippen molar-refractivity contribution in [3.8, 4) is 0 Å². The maximum Gasteiger partial charge on any atom is 0.0534 e. The topological polar surface area (TPSA) is 33.1 Å². The Morgan fingerprint density at radius 1 is 1.37 bits per heavy atom. The standard InChI is InChI=1S/C14H26N4.ClH/c1-3-9-17(14-5-7-15-8-6-14)11-13-10-16-18(4-2)12-13;/h10,12,14-15H,3-9,11H2,1-2H3;1H. The van der Waals surface area contributed by atoms with Crippen LogP contribution in [0.3, 0.4) is 0 Å². The second-order valence-corrected chi connectivity index (χ2v) is 5.16. The van der Waals surface area contributed by atoms with E-state index in [1.54, 1.807) is 0 Å². The molecule has 2 rings (SSSR count). The van der Waals surface area contributed by atoms with Crippen molar-refractivity contribution in [2.24, 2.45) is 0 Å². The van der Waals surface area contributed by atoms with Gasteiger partial charge in [-0.05, 0) is 45.8 Å². The van der Waals surface area contributed by atoms with Gasteiger partial charge in [-0.25, -0.2) is 0 Å². The molecule has 0 saturated carbocycles. The first-order valence-corrected chi connectivity index (χ1v) is 7.29. The first-order chi connectivity index (χ1) is 8.83. The molecule has 1 fully saturated rings. The van der Waals surface area contributed by atoms with Gasteiger partial charge in [0.15, 0.2) is 0 Å². The van der Waals surface area contributed by atoms with E-state index in [0.29, 0.717) is 0 Å². The lowest BCUT2D eigenvalue weighted by Crippen LogP contribution is -2.43. The molecule has 1 aliphatic heterocycles. The van der Waals surface area contributed by atoms with Crippen LogP contribution in [0, 0.1) is 0 Å². The van der Waals surface area contributed by atoms with Crippen LogP contribution in [-0.4, -0.2) is 40.4 Å². The van der Waals surface area contributed by atoms with E-state index in [1.807, 2.05) is 10.9 Å². The first-order valence-electron chi connectivity index (χ1n) is 7.29. The third-order valence-electron chi connectivity index (χ3n) is 3.73. The average Bonchev–Trinajstić information content (AvgIpc) is 2.87. The van der Waals surface area contributed by atoms with Crippen molar-refractivity contribution < 1.29 is 0 Å². The minimum Gasteiger partial charge on any atom is -0.317 e. The first kappa shape index (κ1) is 16.5. The van der Waals surface area contributed by atoms with Crippen LogP contribution >= 0.6 is 12.4 Å². The fraction of sp³-hybridized carbons (Fsp3) is 0.786. The zero-order valence-electron chi connectivity index (χ0n) is 12.1. The number of aryl methyl sites for hydroxylation is 1. The summed E-state index contributed by atoms with van der Waals surface area (Å²) in [5.74, 6) is 0. The molecule has 1 aromatic rings. The minimum atomic E-state index is 0. The van der Waals surface area contributed by atoms with Gasteiger partial charge in [0.2, 0.25) is 0 Å². The van der Waals surface area contributed by atoms with E-state index >= 15 is 0 Å². The highest BCUT2D eigenvalue weighted by atomic mass is 35.5. The van der Waals surface area contributed by atoms with Crippen molar-refractivity contribution in [1.29, 1.82) is 0 Å². The summed E-state index contributed by atoms with van der Waals surface area (Å²) in [4.78, 5) is 2.64. The quantitative estimate of drug-likeness (QED) is 0.871. The number of hydrogen-bond donors (Lipinski definition) is 1. The van der Waals surface area contributed by atoms with Gasteiger partial charge < -0.3 is 5.32 Å². The Balaban J connectivity index is 0.00000180. The molecular weight excluding hydrogens is 260 g/mol. The number of halogens is 1. The van der Waals surface area contributed by atoms with Gasteiger partial charge in [0.1, 0.15) is 0 Å². The normalized spacial score (nSPS) is 16.6. The Morgan fingerprint density at radius 2 is 2.11 bits per heavy atom. The lowest BCUT2D eigenvalue weighted by atomic mass is 10.0. The smallest absolute Gasteiger partial charge is 0.0534 e. The minimum absolute atomic E-state index is 0. The van der Waals surface area contributed by atoms with Crippen LogP contribution in [0.4, 0.5) is 0 Å². The molecule has 1 aromatic heterocycles. The Kier molecular flexibility index (Phi) is 7.42. The van der Waals surface area contributed by atoms with Gasteiger partial charge in [-0.3, -0.25) is 9.58 Å². The molecule has 110 valence electrons. The summed E-state index contributed by atoms with van der Waals surface area (Å²) in [5.41, 5.74) is 1.35. The fourth-order valence-corrected chi connectivity index (χ4v) is 2.75. The summed E-state index contributed by atoms with van der Waals surface area (Å²) in [5, 5.41) is 7.82. The second kappa shape index (κ2) is 8.56. The van der Waals surface area contributed by atoms with Crippen molar-refractivity contribution in [3.05, 3.63) is 18.0 Å². The average molecular weight is 287 g/mol. The number of nitrogens with one attached hydrogen (secondary N) is 1. The van der Waals surface area contributed by atoms with E-state index in [0.717, 1.165) is 19.1 Å². The molecule has 1 N–H and O–H groups in total. The maximum atomic E-state index is 4.37. The molecule has 0 aliphatic carbocycles. The monoisotopic (exact) mass is 286 g/mol. The number of piperidine rings is 1. The summed E-state index contributed by atoms with van der Waals surface area (Å²) in [7, 11) is 0. The van der Waals surface area contributed by atoms with Crippen LogP contribution in [-0.2, 0) is 13.1 Å². The molecule has 0 aromatic carbocycles. The van der Waals surface area contributed by atoms with E-state index in [2.05, 4.69) is 35.4 Å². The Morgan fingerprint density at radius 3 is 2.68 bits per heavy atom. The highest BCUT2D eigenvalue weighted by Crippen LogP contribution is 2.15. The van der Waals surface area contributed by atoms with Crippen molar-refractivity contribution in [2.75, 3.05) is 19.6 Å². The van der Waals surface area contributed by atoms with E-state index in [-0.39, 0.29) is 12.4 Å². The molecule has 1 saturated heterocycles. The van der Waals surface area contributed by atoms with Gasteiger partial charge >= 0.3 is 0 Å². The third-order valence-corrected chi connectivity index (χ3v) is 3.73. The predicted octanol–water partition coefficient (Wildman–Crippen LogP) is 2.29. The number of rotatable bonds is 6. The predicted molar refractivity (Wildman–Crippen MR) is 81.7 cm³/mol. The molecule has 0 radical (unpaired) electrons. The van der Waals surface area contributed by atoms with E-state index in [4.69, 9.17) is 0 Å². The largest absolute Gasteiger partial charge is 0.317 e. The zero-order chi connectivity index (χ0) is 12.8. The molecule has 4 nitrogen and oxygen atoms in total. The van der Waals surface area contributed by atoms with Gasteiger partial charge in [-0.15, -0.1) is 12.4 Å². The summed E-state index contributed by atoms with van der Waals surface area (Å²) in [6.07, 6.45) is 7.99. The third kappa shape index (κ3) is 4.79. The second-order valence-electron chi connectivity index (χ2n) is 5.16. The molecule has 2 heterocycles. The van der Waals surface area contributed by atoms with Crippen LogP contribution in [0.15, 0.2) is 12.4 Å². The number of aromatic nitrogens is 2. The zero-order valence-corrected chi connectivity index (χ0v) is 13.0. The molecule has 0 unspecified atom stereocenters. The lowest BCUT2D eigenvalue weighted by molar-refractivity contribution is 0.154. The molecule has 0 spiro atoms. The van der Waals surface area contributed by atoms with Crippen molar-refractivity contribution in [1.82, 2.24) is 20.0 Å². The van der Waals surface area contributed by atoms with Crippen molar-refractivity contribution in [2.45, 2.75) is 52.2 Å². The van der Waals surface area contributed by atoms with Crippen LogP contribution in [0.2, 0.25) is 0 Å². The van der Waals surface area contributed by atoms with Crippen LogP contribution in [0.5, 0.6) is 0 Å². The van der Waals surface area contributed by atoms with Crippen LogP contribution in [0.25, 0.3) is 0 Å². The van der Waals surface area contributed by atoms with Gasteiger partial charge in [-0.1, -0.05) is 6.92 Å². The summed E-state index contributed by atoms with van der Waals surface area (Å²) >= 11 is 0. The molecule has 0 atom stereocenters. The summed E-state index contributed by atoms with van der Waals surface area (Å²) in [6, 6.07) is 0.746. The summed E-state index contributed by atoms with van der Waals surface area (Å²) in [6.45, 7) is 9.94. The molecular formula is C14H27ClN4. The fourth-order valence-electron chi connectivity index (χ4n) is 2.75. The maximum absolute atomic E-state index is 4.37. The van der Waals surface area contributed by atoms with E-state index in [9.17, 15) is 0 Å². The Bertz CT molecular complexity index is 347. The van der Waals surface area contributed by atoms with Gasteiger partial charge in [0.05, 0.1) is 6.20 Å². The van der Waals surface area contributed by atoms with Gasteiger partial charge in [0.25, 0.3) is 0 Å². The van der Waals surface area contributed by atoms with Crippen LogP contribution in [0.1, 0.15) is 38.7 Å². The molecule has 19 heavy (non-hydrogen) atoms. The van der Waals surface area contributed by atoms with Gasteiger partial charge in [-0.2, -0.15) is 5.10 Å². The highest BCUT2D eigenvalue weighted by molar-refractivity contribution is 5.85. The Labute approximate surface area is 123 Å². The summed E-state index contributed by atoms with van der Waals surface area (Å²) < 4.78 is 2.02. The molecule has 1 aliphatic rings. The van der Waals surface area contributed by atoms with E-state index < -0.39 is 0 Å². The van der Waals surface area contributed by atoms with Crippen molar-refractivity contribution in [3.63, 3.8) is 0 Å². The number of hydrogen-bond acceptors (Lipinski definition) is 3. The van der Waals surface area contributed by atoms with E-state index in [1.165, 1.54) is 44.5 Å². The molecule has 5 heteroatoms. The SMILES string of the molecule is CCCN(Cc1cnn(CC)c1)C1CCNCC1.Cl. The highest BCUT2D eigenvalue weighted by Gasteiger charge is 2.20. The Hall–Kier alpha value is -0.580. The van der Waals surface area contributed by atoms with Gasteiger partial charge in [0, 0.05) is 30.9 Å². The van der Waals surface area contributed by atoms with Crippen molar-refractivity contribution >= 4 is 12.4 Å². The number of nitrogens with zero attached hydrogens (tertiary/aromatic N) is 3. The van der Waals surface area contributed by atoms with Crippen LogP contribution < -0.4 is 5.32 Å².